The number of aromatic nitrogens is 2. The van der Waals surface area contributed by atoms with Crippen LogP contribution >= 0.6 is 11.6 Å². The van der Waals surface area contributed by atoms with Gasteiger partial charge in [-0.15, -0.1) is 0 Å². The van der Waals surface area contributed by atoms with E-state index in [4.69, 9.17) is 22.1 Å². The molecule has 0 amide bonds. The third kappa shape index (κ3) is 6.06. The lowest BCUT2D eigenvalue weighted by Crippen LogP contribution is -2.46. The molecule has 41 heavy (non-hydrogen) atoms. The van der Waals surface area contributed by atoms with Gasteiger partial charge in [0.15, 0.2) is 0 Å². The molecule has 1 spiro atoms. The largest absolute Gasteiger partial charge is 0.480 e. The van der Waals surface area contributed by atoms with E-state index in [1.165, 1.54) is 24.3 Å². The number of alkyl halides is 3. The molecule has 1 aromatic heterocycles. The number of nitrogens with zero attached hydrogens (tertiary/aromatic N) is 3. The molecular weight excluding hydrogens is 559 g/mol. The number of carboxylic acids is 1. The molecule has 4 N–H and O–H groups in total. The normalized spacial score (nSPS) is 21.1. The summed E-state index contributed by atoms with van der Waals surface area (Å²) >= 11 is 6.16. The highest BCUT2D eigenvalue weighted by atomic mass is 35.5. The number of hydrogen-bond acceptors (Lipinski definition) is 7. The highest BCUT2D eigenvalue weighted by Crippen LogP contribution is 2.46. The fourth-order valence-electron chi connectivity index (χ4n) is 6.18. The molecule has 2 aliphatic heterocycles. The maximum Gasteiger partial charge on any atom is 0.429 e. The highest BCUT2D eigenvalue weighted by molar-refractivity contribution is 6.30. The van der Waals surface area contributed by atoms with Gasteiger partial charge in [-0.25, -0.2) is 0 Å². The van der Waals surface area contributed by atoms with Gasteiger partial charge in [-0.1, -0.05) is 54.9 Å². The first-order valence-electron chi connectivity index (χ1n) is 13.5. The van der Waals surface area contributed by atoms with Gasteiger partial charge in [-0.05, 0) is 54.4 Å². The first-order valence-corrected chi connectivity index (χ1v) is 13.8. The summed E-state index contributed by atoms with van der Waals surface area (Å²) in [6, 6.07) is 13.7. The molecule has 2 unspecified atom stereocenters. The van der Waals surface area contributed by atoms with Crippen molar-refractivity contribution < 1.29 is 27.8 Å². The van der Waals surface area contributed by atoms with Gasteiger partial charge in [0.2, 0.25) is 17.9 Å². The monoisotopic (exact) mass is 589 g/mol. The van der Waals surface area contributed by atoms with Crippen LogP contribution in [0.25, 0.3) is 11.1 Å². The molecule has 0 radical (unpaired) electrons. The van der Waals surface area contributed by atoms with Gasteiger partial charge in [-0.3, -0.25) is 4.79 Å². The summed E-state index contributed by atoms with van der Waals surface area (Å²) in [6.45, 7) is 3.11. The second-order valence-electron chi connectivity index (χ2n) is 10.6. The van der Waals surface area contributed by atoms with Crippen LogP contribution in [0.4, 0.5) is 24.9 Å². The van der Waals surface area contributed by atoms with Crippen molar-refractivity contribution in [3.05, 3.63) is 65.2 Å². The molecule has 2 fully saturated rings. The van der Waals surface area contributed by atoms with Gasteiger partial charge in [-0.2, -0.15) is 23.1 Å². The van der Waals surface area contributed by atoms with Crippen LogP contribution in [0.1, 0.15) is 44.3 Å². The Labute approximate surface area is 240 Å². The first-order chi connectivity index (χ1) is 19.5. The fourth-order valence-corrected chi connectivity index (χ4v) is 6.35. The molecular formula is C29H31ClF3N5O3. The number of benzene rings is 2. The number of piperidine rings is 1. The number of nitrogens with two attached hydrogens (primary N) is 1. The molecule has 2 saturated heterocycles. The number of rotatable bonds is 7. The number of aliphatic carboxylic acids is 1. The van der Waals surface area contributed by atoms with E-state index in [9.17, 15) is 23.1 Å². The van der Waals surface area contributed by atoms with Gasteiger partial charge in [0.05, 0.1) is 0 Å². The minimum absolute atomic E-state index is 0.0749. The Morgan fingerprint density at radius 1 is 1.20 bits per heavy atom. The summed E-state index contributed by atoms with van der Waals surface area (Å²) < 4.78 is 49.0. The second-order valence-corrected chi connectivity index (χ2v) is 11.1. The van der Waals surface area contributed by atoms with Crippen LogP contribution in [-0.4, -0.2) is 52.4 Å². The predicted octanol–water partition coefficient (Wildman–Crippen LogP) is 5.87. The average molecular weight is 590 g/mol. The molecule has 5 rings (SSSR count). The number of nitrogens with one attached hydrogen (secondary N) is 1. The Balaban J connectivity index is 1.41. The van der Waals surface area contributed by atoms with Crippen LogP contribution < -0.4 is 20.7 Å². The molecule has 0 bridgehead atoms. The molecule has 3 atom stereocenters. The van der Waals surface area contributed by atoms with Crippen molar-refractivity contribution in [2.75, 3.05) is 23.7 Å². The van der Waals surface area contributed by atoms with E-state index in [0.717, 1.165) is 6.42 Å². The van der Waals surface area contributed by atoms with Crippen LogP contribution in [0.2, 0.25) is 5.02 Å². The third-order valence-corrected chi connectivity index (χ3v) is 8.40. The maximum atomic E-state index is 14.5. The topological polar surface area (TPSA) is 114 Å². The van der Waals surface area contributed by atoms with Crippen molar-refractivity contribution in [2.24, 2.45) is 5.41 Å². The molecule has 218 valence electrons. The van der Waals surface area contributed by atoms with Gasteiger partial charge < -0.3 is 25.8 Å². The number of ether oxygens (including phenoxy) is 1. The van der Waals surface area contributed by atoms with E-state index >= 15 is 0 Å². The maximum absolute atomic E-state index is 14.5. The standard InChI is InChI=1S/C29H31ClF3N5O3/c1-2-22-28(16-21(35-22)26(39)40)10-12-38(13-11-28)23-15-24(37-27(34)36-23)41-25(29(31,32)33)19-9-8-18(30)14-20(19)17-6-4-3-5-7-17/h3-9,14-15,21-22,25,35H,2,10-13,16H2,1H3,(H,39,40)(H2,34,36,37)/t21?,22?,25-/m1/s1. The van der Waals surface area contributed by atoms with Crippen LogP contribution in [0.15, 0.2) is 54.6 Å². The summed E-state index contributed by atoms with van der Waals surface area (Å²) in [5.74, 6) is -1.01. The van der Waals surface area contributed by atoms with Crippen molar-refractivity contribution in [3.63, 3.8) is 0 Å². The Bertz CT molecular complexity index is 1400. The van der Waals surface area contributed by atoms with Crippen molar-refractivity contribution in [2.45, 2.75) is 57.0 Å². The van der Waals surface area contributed by atoms with Gasteiger partial charge in [0, 0.05) is 35.8 Å². The number of carbonyl (C=O) groups is 1. The zero-order chi connectivity index (χ0) is 29.4. The molecule has 2 aliphatic rings. The Morgan fingerprint density at radius 3 is 2.54 bits per heavy atom. The summed E-state index contributed by atoms with van der Waals surface area (Å²) in [5.41, 5.74) is 6.51. The molecule has 3 heterocycles. The van der Waals surface area contributed by atoms with Crippen LogP contribution in [-0.2, 0) is 4.79 Å². The number of anilines is 2. The predicted molar refractivity (Wildman–Crippen MR) is 150 cm³/mol. The van der Waals surface area contributed by atoms with Crippen molar-refractivity contribution in [1.82, 2.24) is 15.3 Å². The van der Waals surface area contributed by atoms with Crippen molar-refractivity contribution in [1.29, 1.82) is 0 Å². The number of nitrogen functional groups attached to an aromatic ring is 1. The van der Waals surface area contributed by atoms with E-state index in [0.29, 0.717) is 54.3 Å². The molecule has 2 aromatic carbocycles. The van der Waals surface area contributed by atoms with E-state index < -0.39 is 24.3 Å². The molecule has 12 heteroatoms. The minimum Gasteiger partial charge on any atom is -0.480 e. The van der Waals surface area contributed by atoms with E-state index in [1.807, 2.05) is 11.8 Å². The van der Waals surface area contributed by atoms with Crippen LogP contribution in [0.5, 0.6) is 5.88 Å². The van der Waals surface area contributed by atoms with Crippen molar-refractivity contribution in [3.8, 4) is 17.0 Å². The average Bonchev–Trinajstić information content (AvgIpc) is 3.30. The van der Waals surface area contributed by atoms with Gasteiger partial charge in [0.25, 0.3) is 0 Å². The summed E-state index contributed by atoms with van der Waals surface area (Å²) in [7, 11) is 0. The SMILES string of the molecule is CCC1NC(C(=O)O)CC12CCN(c1cc(O[C@H](c3ccc(Cl)cc3-c3ccccc3)C(F)(F)F)nc(N)n1)CC2. The van der Waals surface area contributed by atoms with Crippen LogP contribution in [0.3, 0.4) is 0 Å². The zero-order valence-electron chi connectivity index (χ0n) is 22.4. The molecule has 8 nitrogen and oxygen atoms in total. The fraction of sp³-hybridized carbons (Fsp3) is 0.414. The van der Waals surface area contributed by atoms with E-state index in [1.54, 1.807) is 30.3 Å². The number of hydrogen-bond donors (Lipinski definition) is 3. The van der Waals surface area contributed by atoms with Gasteiger partial charge in [0.1, 0.15) is 11.9 Å². The lowest BCUT2D eigenvalue weighted by molar-refractivity contribution is -0.198. The number of carboxylic acid groups (broad SMARTS) is 1. The lowest BCUT2D eigenvalue weighted by atomic mass is 9.71. The molecule has 3 aromatic rings. The minimum atomic E-state index is -4.78. The molecule has 0 saturated carbocycles. The number of halogens is 4. The van der Waals surface area contributed by atoms with E-state index in [-0.39, 0.29) is 28.8 Å². The Kier molecular flexibility index (Phi) is 8.02. The quantitative estimate of drug-likeness (QED) is 0.313. The third-order valence-electron chi connectivity index (χ3n) is 8.17. The Morgan fingerprint density at radius 2 is 1.90 bits per heavy atom. The van der Waals surface area contributed by atoms with Crippen LogP contribution in [0, 0.1) is 5.41 Å². The zero-order valence-corrected chi connectivity index (χ0v) is 23.1. The molecule has 0 aliphatic carbocycles. The summed E-state index contributed by atoms with van der Waals surface area (Å²) in [4.78, 5) is 21.8. The lowest BCUT2D eigenvalue weighted by Gasteiger charge is -2.43. The second kappa shape index (κ2) is 11.4. The Hall–Kier alpha value is -3.57. The smallest absolute Gasteiger partial charge is 0.429 e. The highest BCUT2D eigenvalue weighted by Gasteiger charge is 2.50. The van der Waals surface area contributed by atoms with Gasteiger partial charge >= 0.3 is 12.1 Å². The van der Waals surface area contributed by atoms with Crippen molar-refractivity contribution >= 4 is 29.3 Å². The summed E-state index contributed by atoms with van der Waals surface area (Å²) in [6.07, 6.45) is -4.37. The summed E-state index contributed by atoms with van der Waals surface area (Å²) in [5, 5.41) is 13.1. The first kappa shape index (κ1) is 28.9. The van der Waals surface area contributed by atoms with E-state index in [2.05, 4.69) is 15.3 Å².